The van der Waals surface area contributed by atoms with Gasteiger partial charge in [0.15, 0.2) is 6.23 Å². The van der Waals surface area contributed by atoms with E-state index in [-0.39, 0.29) is 5.56 Å². The van der Waals surface area contributed by atoms with Crippen molar-refractivity contribution < 1.29 is 60.6 Å². The van der Waals surface area contributed by atoms with Gasteiger partial charge < -0.3 is 29.4 Å². The standard InChI is InChI=1S/C10H16FN2O14P3/c1-5-3-13(9(16)12-7(5)15)8-6(14)2-10(11,25-8)4-24-29(20,21)27-30(22,23)26-28(17,18)19/h3,6,8,14H,2,4H2,1H3,(H,20,21)(H,22,23)(H,12,15,16)(H2,17,18,19)/t6-,8-,10+/m1/s1. The zero-order chi connectivity index (χ0) is 23.1. The Hall–Kier alpha value is -1.06. The van der Waals surface area contributed by atoms with E-state index >= 15 is 0 Å². The number of phosphoric ester groups is 1. The maximum atomic E-state index is 14.8. The van der Waals surface area contributed by atoms with Crippen molar-refractivity contribution in [2.75, 3.05) is 6.61 Å². The van der Waals surface area contributed by atoms with Gasteiger partial charge in [0, 0.05) is 18.2 Å². The number of aromatic amines is 1. The van der Waals surface area contributed by atoms with E-state index in [9.17, 15) is 37.7 Å². The number of H-pyrrole nitrogens is 1. The quantitative estimate of drug-likeness (QED) is 0.238. The fourth-order valence-corrected chi connectivity index (χ4v) is 5.40. The number of halogens is 1. The average Bonchev–Trinajstić information content (AvgIpc) is 2.81. The van der Waals surface area contributed by atoms with Crippen molar-refractivity contribution in [1.82, 2.24) is 9.55 Å². The number of rotatable bonds is 8. The lowest BCUT2D eigenvalue weighted by Crippen LogP contribution is -2.36. The lowest BCUT2D eigenvalue weighted by molar-refractivity contribution is -0.178. The fourth-order valence-electron chi connectivity index (χ4n) is 2.35. The molecule has 1 fully saturated rings. The van der Waals surface area contributed by atoms with Crippen molar-refractivity contribution >= 4 is 23.5 Å². The number of aromatic nitrogens is 2. The largest absolute Gasteiger partial charge is 0.490 e. The number of phosphoric acid groups is 3. The number of nitrogens with zero attached hydrogens (tertiary/aromatic N) is 1. The molecule has 1 aliphatic heterocycles. The Bertz CT molecular complexity index is 1060. The third-order valence-corrected chi connectivity index (χ3v) is 7.24. The number of alkyl halides is 1. The van der Waals surface area contributed by atoms with Gasteiger partial charge in [-0.15, -0.1) is 0 Å². The van der Waals surface area contributed by atoms with E-state index < -0.39 is 65.9 Å². The summed E-state index contributed by atoms with van der Waals surface area (Å²) in [5.74, 6) is -3.02. The molecular formula is C10H16FN2O14P3. The molecule has 0 spiro atoms. The van der Waals surface area contributed by atoms with Crippen LogP contribution in [-0.4, -0.2) is 52.8 Å². The Morgan fingerprint density at radius 2 is 1.83 bits per heavy atom. The molecule has 0 radical (unpaired) electrons. The number of hydrogen-bond acceptors (Lipinski definition) is 10. The first kappa shape index (κ1) is 25.2. The predicted octanol–water partition coefficient (Wildman–Crippen LogP) is -0.866. The van der Waals surface area contributed by atoms with Gasteiger partial charge in [0.05, 0.1) is 0 Å². The van der Waals surface area contributed by atoms with Crippen LogP contribution < -0.4 is 11.2 Å². The Kier molecular flexibility index (Phi) is 7.11. The summed E-state index contributed by atoms with van der Waals surface area (Å²) >= 11 is 0. The van der Waals surface area contributed by atoms with Crippen LogP contribution in [0, 0.1) is 6.92 Å². The highest BCUT2D eigenvalue weighted by Crippen LogP contribution is 2.66. The van der Waals surface area contributed by atoms with Crippen molar-refractivity contribution in [1.29, 1.82) is 0 Å². The second kappa shape index (κ2) is 8.47. The average molecular weight is 500 g/mol. The van der Waals surface area contributed by atoms with Gasteiger partial charge in [0.25, 0.3) is 5.56 Å². The van der Waals surface area contributed by atoms with E-state index in [1.54, 1.807) is 0 Å². The molecule has 0 bridgehead atoms. The van der Waals surface area contributed by atoms with Crippen LogP contribution in [0.25, 0.3) is 0 Å². The van der Waals surface area contributed by atoms with Gasteiger partial charge in [-0.25, -0.2) is 22.9 Å². The van der Waals surface area contributed by atoms with Crippen LogP contribution in [0.1, 0.15) is 18.2 Å². The molecule has 2 unspecified atom stereocenters. The molecule has 16 nitrogen and oxygen atoms in total. The topological polar surface area (TPSA) is 244 Å². The highest BCUT2D eigenvalue weighted by atomic mass is 31.3. The molecule has 0 aliphatic carbocycles. The van der Waals surface area contributed by atoms with E-state index in [0.717, 1.165) is 6.20 Å². The maximum absolute atomic E-state index is 14.8. The molecule has 0 saturated carbocycles. The third kappa shape index (κ3) is 6.72. The van der Waals surface area contributed by atoms with Crippen LogP contribution in [0.15, 0.2) is 15.8 Å². The number of ether oxygens (including phenoxy) is 1. The first-order chi connectivity index (χ1) is 13.4. The summed E-state index contributed by atoms with van der Waals surface area (Å²) in [6.45, 7) is -0.171. The normalized spacial score (nSPS) is 28.8. The maximum Gasteiger partial charge on any atom is 0.490 e. The molecule has 2 heterocycles. The Morgan fingerprint density at radius 3 is 2.40 bits per heavy atom. The van der Waals surface area contributed by atoms with E-state index in [1.165, 1.54) is 6.92 Å². The van der Waals surface area contributed by atoms with Crippen molar-refractivity contribution in [2.45, 2.75) is 31.5 Å². The monoisotopic (exact) mass is 500 g/mol. The fraction of sp³-hybridized carbons (Fsp3) is 0.600. The van der Waals surface area contributed by atoms with Crippen molar-refractivity contribution in [2.24, 2.45) is 0 Å². The molecule has 1 aliphatic rings. The Balaban J connectivity index is 2.11. The minimum absolute atomic E-state index is 0.0232. The molecule has 0 amide bonds. The molecule has 20 heteroatoms. The van der Waals surface area contributed by atoms with Crippen molar-refractivity contribution in [3.8, 4) is 0 Å². The van der Waals surface area contributed by atoms with Gasteiger partial charge in [0.2, 0.25) is 5.85 Å². The SMILES string of the molecule is Cc1cn([C@@H]2O[C@](F)(COP(=O)(O)OP(=O)(O)OP(=O)(O)O)C[C@H]2O)c(=O)[nH]c1=O. The summed E-state index contributed by atoms with van der Waals surface area (Å²) in [6, 6.07) is 0. The number of aliphatic hydroxyl groups excluding tert-OH is 1. The van der Waals surface area contributed by atoms with Gasteiger partial charge in [-0.1, -0.05) is 0 Å². The molecule has 1 aromatic heterocycles. The molecule has 5 atom stereocenters. The third-order valence-electron chi connectivity index (χ3n) is 3.45. The van der Waals surface area contributed by atoms with Gasteiger partial charge in [0.1, 0.15) is 12.7 Å². The van der Waals surface area contributed by atoms with Gasteiger partial charge in [-0.2, -0.15) is 8.62 Å². The summed E-state index contributed by atoms with van der Waals surface area (Å²) in [4.78, 5) is 60.4. The second-order valence-corrected chi connectivity index (χ2v) is 10.4. The van der Waals surface area contributed by atoms with Crippen LogP contribution >= 0.6 is 23.5 Å². The molecule has 30 heavy (non-hydrogen) atoms. The number of nitrogens with one attached hydrogen (secondary N) is 1. The van der Waals surface area contributed by atoms with Crippen LogP contribution in [0.2, 0.25) is 0 Å². The van der Waals surface area contributed by atoms with Crippen LogP contribution in [0.5, 0.6) is 0 Å². The smallest absolute Gasteiger partial charge is 0.388 e. The molecule has 1 saturated heterocycles. The van der Waals surface area contributed by atoms with E-state index in [4.69, 9.17) is 19.4 Å². The zero-order valence-electron chi connectivity index (χ0n) is 14.7. The molecule has 2 rings (SSSR count). The lowest BCUT2D eigenvalue weighted by atomic mass is 10.2. The van der Waals surface area contributed by atoms with Gasteiger partial charge >= 0.3 is 29.2 Å². The van der Waals surface area contributed by atoms with Gasteiger partial charge in [-0.05, 0) is 6.92 Å². The van der Waals surface area contributed by atoms with Crippen LogP contribution in [-0.2, 0) is 31.6 Å². The zero-order valence-corrected chi connectivity index (χ0v) is 17.4. The summed E-state index contributed by atoms with van der Waals surface area (Å²) < 4.78 is 64.8. The molecular weight excluding hydrogens is 484 g/mol. The first-order valence-corrected chi connectivity index (χ1v) is 12.1. The summed E-state index contributed by atoms with van der Waals surface area (Å²) in [5, 5.41) is 9.98. The number of aryl methyl sites for hydroxylation is 1. The Labute approximate surface area is 165 Å². The highest BCUT2D eigenvalue weighted by Gasteiger charge is 2.50. The minimum Gasteiger partial charge on any atom is -0.388 e. The lowest BCUT2D eigenvalue weighted by Gasteiger charge is -2.22. The van der Waals surface area contributed by atoms with Crippen LogP contribution in [0.4, 0.5) is 4.39 Å². The highest BCUT2D eigenvalue weighted by molar-refractivity contribution is 7.66. The van der Waals surface area contributed by atoms with Crippen molar-refractivity contribution in [3.05, 3.63) is 32.6 Å². The van der Waals surface area contributed by atoms with E-state index in [1.807, 2.05) is 4.98 Å². The molecule has 1 aromatic rings. The molecule has 0 aromatic carbocycles. The van der Waals surface area contributed by atoms with E-state index in [2.05, 4.69) is 13.1 Å². The second-order valence-electron chi connectivity index (χ2n) is 6.01. The molecule has 6 N–H and O–H groups in total. The predicted molar refractivity (Wildman–Crippen MR) is 90.5 cm³/mol. The summed E-state index contributed by atoms with van der Waals surface area (Å²) in [5.41, 5.74) is -1.76. The van der Waals surface area contributed by atoms with Crippen LogP contribution in [0.3, 0.4) is 0 Å². The first-order valence-electron chi connectivity index (χ1n) is 7.57. The van der Waals surface area contributed by atoms with Crippen molar-refractivity contribution in [3.63, 3.8) is 0 Å². The number of aliphatic hydroxyl groups is 1. The van der Waals surface area contributed by atoms with E-state index in [0.29, 0.717) is 4.57 Å². The Morgan fingerprint density at radius 1 is 1.23 bits per heavy atom. The minimum atomic E-state index is -5.80. The summed E-state index contributed by atoms with van der Waals surface area (Å²) in [7, 11) is -17.0. The number of hydrogen-bond donors (Lipinski definition) is 6. The van der Waals surface area contributed by atoms with Gasteiger partial charge in [-0.3, -0.25) is 18.9 Å². The molecule has 172 valence electrons. The summed E-state index contributed by atoms with van der Waals surface area (Å²) in [6.07, 6.45) is -3.30.